The molecule has 0 saturated carbocycles. The third-order valence-corrected chi connectivity index (χ3v) is 5.41. The Bertz CT molecular complexity index is 637. The molecule has 1 heterocycles. The van der Waals surface area contributed by atoms with Gasteiger partial charge in [-0.05, 0) is 43.2 Å². The van der Waals surface area contributed by atoms with E-state index in [1.165, 1.54) is 11.1 Å². The lowest BCUT2D eigenvalue weighted by molar-refractivity contribution is -0.121. The summed E-state index contributed by atoms with van der Waals surface area (Å²) in [5.74, 6) is 0.389. The molecular weight excluding hydrogens is 366 g/mol. The summed E-state index contributed by atoms with van der Waals surface area (Å²) in [5, 5.41) is 6.53. The van der Waals surface area contributed by atoms with E-state index in [0.717, 1.165) is 25.7 Å². The Kier molecular flexibility index (Phi) is 9.45. The van der Waals surface area contributed by atoms with E-state index in [-0.39, 0.29) is 30.6 Å². The lowest BCUT2D eigenvalue weighted by Crippen LogP contribution is -2.48. The van der Waals surface area contributed by atoms with Crippen LogP contribution in [0, 0.1) is 5.92 Å². The molecule has 0 unspecified atom stereocenters. The Morgan fingerprint density at radius 1 is 1.14 bits per heavy atom. The molecule has 1 aliphatic rings. The molecule has 0 aliphatic carbocycles. The second-order valence-electron chi connectivity index (χ2n) is 8.12. The summed E-state index contributed by atoms with van der Waals surface area (Å²) in [4.78, 5) is 25.9. The SMILES string of the molecule is CCCc1ccc([C@@H](NCC(=O)NC2CCN(C(=O)OCC)CC2)C(C)C)cc1. The van der Waals surface area contributed by atoms with Gasteiger partial charge in [0.2, 0.25) is 5.91 Å². The van der Waals surface area contributed by atoms with Crippen LogP contribution in [0.3, 0.4) is 0 Å². The number of nitrogens with zero attached hydrogens (tertiary/aromatic N) is 1. The molecule has 162 valence electrons. The first kappa shape index (κ1) is 23.2. The third kappa shape index (κ3) is 7.35. The first-order valence-corrected chi connectivity index (χ1v) is 11.0. The molecule has 2 amide bonds. The van der Waals surface area contributed by atoms with Crippen LogP contribution in [-0.4, -0.2) is 49.2 Å². The van der Waals surface area contributed by atoms with Crippen LogP contribution in [0.25, 0.3) is 0 Å². The molecule has 2 rings (SSSR count). The molecule has 0 radical (unpaired) electrons. The van der Waals surface area contributed by atoms with E-state index in [9.17, 15) is 9.59 Å². The van der Waals surface area contributed by atoms with Crippen molar-refractivity contribution in [1.29, 1.82) is 0 Å². The number of ether oxygens (including phenoxy) is 1. The number of benzene rings is 1. The number of amides is 2. The maximum atomic E-state index is 12.4. The maximum Gasteiger partial charge on any atom is 0.409 e. The monoisotopic (exact) mass is 403 g/mol. The maximum absolute atomic E-state index is 12.4. The molecular formula is C23H37N3O3. The number of hydrogen-bond acceptors (Lipinski definition) is 4. The number of carbonyl (C=O) groups excluding carboxylic acids is 2. The highest BCUT2D eigenvalue weighted by Crippen LogP contribution is 2.22. The van der Waals surface area contributed by atoms with Crippen LogP contribution in [0.2, 0.25) is 0 Å². The van der Waals surface area contributed by atoms with Gasteiger partial charge in [-0.3, -0.25) is 4.79 Å². The van der Waals surface area contributed by atoms with Crippen LogP contribution < -0.4 is 10.6 Å². The van der Waals surface area contributed by atoms with Crippen LogP contribution in [0.5, 0.6) is 0 Å². The summed E-state index contributed by atoms with van der Waals surface area (Å²) in [6.45, 7) is 10.2. The topological polar surface area (TPSA) is 70.7 Å². The molecule has 0 spiro atoms. The van der Waals surface area contributed by atoms with Crippen molar-refractivity contribution in [3.8, 4) is 0 Å². The second-order valence-corrected chi connectivity index (χ2v) is 8.12. The molecule has 1 fully saturated rings. The molecule has 1 aromatic rings. The van der Waals surface area contributed by atoms with Gasteiger partial charge in [0.1, 0.15) is 0 Å². The molecule has 1 aromatic carbocycles. The molecule has 1 saturated heterocycles. The zero-order valence-electron chi connectivity index (χ0n) is 18.4. The van der Waals surface area contributed by atoms with E-state index in [2.05, 4.69) is 55.7 Å². The van der Waals surface area contributed by atoms with Crippen LogP contribution >= 0.6 is 0 Å². The Balaban J connectivity index is 1.80. The van der Waals surface area contributed by atoms with Gasteiger partial charge in [0.25, 0.3) is 0 Å². The van der Waals surface area contributed by atoms with Crippen LogP contribution in [-0.2, 0) is 16.0 Å². The van der Waals surface area contributed by atoms with E-state index in [1.54, 1.807) is 4.90 Å². The average Bonchev–Trinajstić information content (AvgIpc) is 2.70. The van der Waals surface area contributed by atoms with E-state index < -0.39 is 0 Å². The van der Waals surface area contributed by atoms with Crippen molar-refractivity contribution in [1.82, 2.24) is 15.5 Å². The van der Waals surface area contributed by atoms with Crippen LogP contribution in [0.1, 0.15) is 64.1 Å². The zero-order valence-corrected chi connectivity index (χ0v) is 18.4. The lowest BCUT2D eigenvalue weighted by Gasteiger charge is -2.32. The number of hydrogen-bond donors (Lipinski definition) is 2. The van der Waals surface area contributed by atoms with Gasteiger partial charge in [0, 0.05) is 25.2 Å². The van der Waals surface area contributed by atoms with Crippen molar-refractivity contribution < 1.29 is 14.3 Å². The average molecular weight is 404 g/mol. The van der Waals surface area contributed by atoms with Gasteiger partial charge in [0.15, 0.2) is 0 Å². The van der Waals surface area contributed by atoms with E-state index in [4.69, 9.17) is 4.74 Å². The van der Waals surface area contributed by atoms with Gasteiger partial charge in [-0.2, -0.15) is 0 Å². The van der Waals surface area contributed by atoms with Crippen LogP contribution in [0.4, 0.5) is 4.79 Å². The van der Waals surface area contributed by atoms with Crippen molar-refractivity contribution >= 4 is 12.0 Å². The first-order valence-electron chi connectivity index (χ1n) is 11.0. The fourth-order valence-electron chi connectivity index (χ4n) is 3.82. The van der Waals surface area contributed by atoms with Gasteiger partial charge in [-0.25, -0.2) is 4.79 Å². The molecule has 1 aliphatic heterocycles. The number of piperidine rings is 1. The molecule has 6 nitrogen and oxygen atoms in total. The Hall–Kier alpha value is -2.08. The smallest absolute Gasteiger partial charge is 0.409 e. The quantitative estimate of drug-likeness (QED) is 0.660. The van der Waals surface area contributed by atoms with E-state index >= 15 is 0 Å². The minimum Gasteiger partial charge on any atom is -0.450 e. The number of rotatable bonds is 9. The Labute approximate surface area is 175 Å². The normalized spacial score (nSPS) is 16.0. The second kappa shape index (κ2) is 11.8. The van der Waals surface area contributed by atoms with Gasteiger partial charge in [-0.1, -0.05) is 51.5 Å². The zero-order chi connectivity index (χ0) is 21.2. The molecule has 6 heteroatoms. The lowest BCUT2D eigenvalue weighted by atomic mass is 9.94. The largest absolute Gasteiger partial charge is 0.450 e. The van der Waals surface area contributed by atoms with Crippen molar-refractivity contribution in [3.63, 3.8) is 0 Å². The highest BCUT2D eigenvalue weighted by atomic mass is 16.6. The fraction of sp³-hybridized carbons (Fsp3) is 0.652. The minimum absolute atomic E-state index is 0.00726. The van der Waals surface area contributed by atoms with Gasteiger partial charge < -0.3 is 20.3 Å². The highest BCUT2D eigenvalue weighted by Gasteiger charge is 2.25. The van der Waals surface area contributed by atoms with E-state index in [0.29, 0.717) is 25.6 Å². The third-order valence-electron chi connectivity index (χ3n) is 5.41. The molecule has 1 atom stereocenters. The van der Waals surface area contributed by atoms with Gasteiger partial charge in [0.05, 0.1) is 13.2 Å². The summed E-state index contributed by atoms with van der Waals surface area (Å²) < 4.78 is 5.04. The predicted octanol–water partition coefficient (Wildman–Crippen LogP) is 3.66. The van der Waals surface area contributed by atoms with Crippen LogP contribution in [0.15, 0.2) is 24.3 Å². The summed E-state index contributed by atoms with van der Waals surface area (Å²) in [5.41, 5.74) is 2.57. The Morgan fingerprint density at radius 3 is 2.34 bits per heavy atom. The number of likely N-dealkylation sites (tertiary alicyclic amines) is 1. The minimum atomic E-state index is -0.260. The molecule has 0 aromatic heterocycles. The molecule has 29 heavy (non-hydrogen) atoms. The number of nitrogens with one attached hydrogen (secondary N) is 2. The summed E-state index contributed by atoms with van der Waals surface area (Å²) in [7, 11) is 0. The van der Waals surface area contributed by atoms with Gasteiger partial charge >= 0.3 is 6.09 Å². The van der Waals surface area contributed by atoms with Crippen molar-refractivity contribution in [2.45, 2.75) is 65.5 Å². The molecule has 2 N–H and O–H groups in total. The summed E-state index contributed by atoms with van der Waals surface area (Å²) in [6, 6.07) is 8.97. The summed E-state index contributed by atoms with van der Waals surface area (Å²) in [6.07, 6.45) is 3.50. The first-order chi connectivity index (χ1) is 13.9. The number of aryl methyl sites for hydroxylation is 1. The standard InChI is InChI=1S/C23H37N3O3/c1-5-7-18-8-10-19(11-9-18)22(17(3)4)24-16-21(27)25-20-12-14-26(15-13-20)23(28)29-6-2/h8-11,17,20,22,24H,5-7,12-16H2,1-4H3,(H,25,27)/t22-/m0/s1. The fourth-order valence-corrected chi connectivity index (χ4v) is 3.82. The highest BCUT2D eigenvalue weighted by molar-refractivity contribution is 5.78. The number of carbonyl (C=O) groups is 2. The van der Waals surface area contributed by atoms with E-state index in [1.807, 2.05) is 6.92 Å². The Morgan fingerprint density at radius 2 is 1.79 bits per heavy atom. The molecule has 0 bridgehead atoms. The van der Waals surface area contributed by atoms with Crippen molar-refractivity contribution in [2.75, 3.05) is 26.2 Å². The summed E-state index contributed by atoms with van der Waals surface area (Å²) >= 11 is 0. The van der Waals surface area contributed by atoms with Crippen molar-refractivity contribution in [3.05, 3.63) is 35.4 Å². The van der Waals surface area contributed by atoms with Gasteiger partial charge in [-0.15, -0.1) is 0 Å². The van der Waals surface area contributed by atoms with Crippen molar-refractivity contribution in [2.24, 2.45) is 5.92 Å². The predicted molar refractivity (Wildman–Crippen MR) is 116 cm³/mol.